The third-order valence-corrected chi connectivity index (χ3v) is 4.14. The maximum atomic E-state index is 4.39. The lowest BCUT2D eigenvalue weighted by Crippen LogP contribution is -2.08. The van der Waals surface area contributed by atoms with Crippen molar-refractivity contribution in [3.05, 3.63) is 69.9 Å². The van der Waals surface area contributed by atoms with Crippen LogP contribution in [0.15, 0.2) is 69.9 Å². The van der Waals surface area contributed by atoms with E-state index in [2.05, 4.69) is 72.4 Å². The molecular formula is C22H32. The van der Waals surface area contributed by atoms with Crippen LogP contribution in [0.2, 0.25) is 0 Å². The highest BCUT2D eigenvalue weighted by Crippen LogP contribution is 2.43. The van der Waals surface area contributed by atoms with Crippen molar-refractivity contribution in [2.75, 3.05) is 0 Å². The second-order valence-corrected chi connectivity index (χ2v) is 6.94. The average Bonchev–Trinajstić information content (AvgIpc) is 2.59. The third-order valence-electron chi connectivity index (χ3n) is 4.14. The summed E-state index contributed by atoms with van der Waals surface area (Å²) in [5, 5.41) is 0. The number of rotatable bonds is 0. The summed E-state index contributed by atoms with van der Waals surface area (Å²) < 4.78 is 0. The van der Waals surface area contributed by atoms with Gasteiger partial charge >= 0.3 is 0 Å². The Kier molecular flexibility index (Phi) is 6.00. The molecule has 22 heavy (non-hydrogen) atoms. The SMILES string of the molecule is C=C1C2=C(C=CC(C)(C)C=C2)CC(=C(C)C)C1=C(C)C.CC. The molecule has 0 heterocycles. The minimum absolute atomic E-state index is 0.119. The Morgan fingerprint density at radius 2 is 1.50 bits per heavy atom. The summed E-state index contributed by atoms with van der Waals surface area (Å²) in [4.78, 5) is 0. The second-order valence-electron chi connectivity index (χ2n) is 6.94. The standard InChI is InChI=1S/C20H26.C2H6/c1-13(2)18-12-16-8-10-20(6,7)11-9-17(16)15(5)19(18)14(3)4;1-2/h8-11H,5,12H2,1-4,6-7H3;1-2H3. The molecular weight excluding hydrogens is 264 g/mol. The molecule has 2 rings (SSSR count). The van der Waals surface area contributed by atoms with E-state index >= 15 is 0 Å². The van der Waals surface area contributed by atoms with E-state index < -0.39 is 0 Å². The van der Waals surface area contributed by atoms with Crippen LogP contribution in [0.25, 0.3) is 0 Å². The number of hydrogen-bond donors (Lipinski definition) is 0. The molecule has 0 amide bonds. The van der Waals surface area contributed by atoms with E-state index in [4.69, 9.17) is 0 Å². The Hall–Kier alpha value is -1.56. The topological polar surface area (TPSA) is 0 Å². The van der Waals surface area contributed by atoms with Crippen LogP contribution in [0.3, 0.4) is 0 Å². The van der Waals surface area contributed by atoms with Crippen LogP contribution in [0, 0.1) is 5.41 Å². The van der Waals surface area contributed by atoms with Gasteiger partial charge in [0.25, 0.3) is 0 Å². The highest BCUT2D eigenvalue weighted by molar-refractivity contribution is 5.68. The molecule has 0 bridgehead atoms. The van der Waals surface area contributed by atoms with Crippen molar-refractivity contribution < 1.29 is 0 Å². The molecule has 0 nitrogen and oxygen atoms in total. The smallest absolute Gasteiger partial charge is 0.00110 e. The Bertz CT molecular complexity index is 602. The molecule has 0 aromatic rings. The van der Waals surface area contributed by atoms with E-state index in [1.807, 2.05) is 13.8 Å². The summed E-state index contributed by atoms with van der Waals surface area (Å²) in [6.45, 7) is 21.7. The van der Waals surface area contributed by atoms with Gasteiger partial charge in [-0.25, -0.2) is 0 Å². The van der Waals surface area contributed by atoms with Gasteiger partial charge < -0.3 is 0 Å². The zero-order valence-corrected chi connectivity index (χ0v) is 15.7. The van der Waals surface area contributed by atoms with Gasteiger partial charge in [-0.2, -0.15) is 0 Å². The lowest BCUT2D eigenvalue weighted by Gasteiger charge is -2.27. The van der Waals surface area contributed by atoms with Crippen LogP contribution in [0.1, 0.15) is 61.8 Å². The van der Waals surface area contributed by atoms with Crippen molar-refractivity contribution in [1.82, 2.24) is 0 Å². The van der Waals surface area contributed by atoms with Gasteiger partial charge in [0.05, 0.1) is 0 Å². The van der Waals surface area contributed by atoms with E-state index in [0.29, 0.717) is 0 Å². The molecule has 0 aromatic heterocycles. The van der Waals surface area contributed by atoms with Gasteiger partial charge in [0.2, 0.25) is 0 Å². The lowest BCUT2D eigenvalue weighted by molar-refractivity contribution is 0.626. The Labute approximate surface area is 137 Å². The summed E-state index contributed by atoms with van der Waals surface area (Å²) >= 11 is 0. The quantitative estimate of drug-likeness (QED) is 0.447. The molecule has 0 aliphatic heterocycles. The summed E-state index contributed by atoms with van der Waals surface area (Å²) in [6, 6.07) is 0. The van der Waals surface area contributed by atoms with E-state index in [1.165, 1.54) is 39.0 Å². The molecule has 0 atom stereocenters. The zero-order valence-electron chi connectivity index (χ0n) is 15.7. The van der Waals surface area contributed by atoms with Crippen molar-refractivity contribution in [3.63, 3.8) is 0 Å². The van der Waals surface area contributed by atoms with Crippen LogP contribution < -0.4 is 0 Å². The van der Waals surface area contributed by atoms with Crippen molar-refractivity contribution in [3.8, 4) is 0 Å². The number of hydrogen-bond acceptors (Lipinski definition) is 0. The first-order valence-corrected chi connectivity index (χ1v) is 8.38. The molecule has 0 unspecified atom stereocenters. The lowest BCUT2D eigenvalue weighted by atomic mass is 9.77. The predicted octanol–water partition coefficient (Wildman–Crippen LogP) is 7.09. The van der Waals surface area contributed by atoms with Crippen molar-refractivity contribution in [2.45, 2.75) is 61.8 Å². The molecule has 0 fully saturated rings. The molecule has 0 aromatic carbocycles. The Morgan fingerprint density at radius 3 is 2.00 bits per heavy atom. The zero-order chi connectivity index (χ0) is 17.1. The molecule has 0 saturated heterocycles. The highest BCUT2D eigenvalue weighted by Gasteiger charge is 2.25. The first-order valence-electron chi connectivity index (χ1n) is 8.38. The largest absolute Gasteiger partial charge is 0.0905 e. The minimum atomic E-state index is 0.119. The third kappa shape index (κ3) is 3.80. The first-order chi connectivity index (χ1) is 10.2. The van der Waals surface area contributed by atoms with E-state index in [-0.39, 0.29) is 5.41 Å². The summed E-state index contributed by atoms with van der Waals surface area (Å²) in [7, 11) is 0. The van der Waals surface area contributed by atoms with Gasteiger partial charge in [0.1, 0.15) is 0 Å². The molecule has 0 spiro atoms. The molecule has 0 saturated carbocycles. The van der Waals surface area contributed by atoms with E-state index in [1.54, 1.807) is 0 Å². The average molecular weight is 296 g/mol. The summed E-state index contributed by atoms with van der Waals surface area (Å²) in [5.74, 6) is 0. The Morgan fingerprint density at radius 1 is 0.955 bits per heavy atom. The van der Waals surface area contributed by atoms with Crippen molar-refractivity contribution in [2.24, 2.45) is 5.41 Å². The normalized spacial score (nSPS) is 19.4. The van der Waals surface area contributed by atoms with Crippen LogP contribution in [0.5, 0.6) is 0 Å². The van der Waals surface area contributed by atoms with Gasteiger partial charge in [-0.1, -0.05) is 69.7 Å². The van der Waals surface area contributed by atoms with Gasteiger partial charge in [-0.3, -0.25) is 0 Å². The van der Waals surface area contributed by atoms with Crippen molar-refractivity contribution >= 4 is 0 Å². The molecule has 0 radical (unpaired) electrons. The fourth-order valence-electron chi connectivity index (χ4n) is 2.94. The van der Waals surface area contributed by atoms with Gasteiger partial charge in [-0.05, 0) is 62.0 Å². The van der Waals surface area contributed by atoms with Gasteiger partial charge in [0.15, 0.2) is 0 Å². The van der Waals surface area contributed by atoms with Crippen LogP contribution in [-0.2, 0) is 0 Å². The van der Waals surface area contributed by atoms with Crippen LogP contribution >= 0.6 is 0 Å². The maximum absolute atomic E-state index is 4.39. The first kappa shape index (κ1) is 18.5. The second kappa shape index (κ2) is 7.13. The fraction of sp³-hybridized carbons (Fsp3) is 0.455. The molecule has 2 aliphatic rings. The minimum Gasteiger partial charge on any atom is -0.0905 e. The molecule has 2 aliphatic carbocycles. The van der Waals surface area contributed by atoms with Crippen LogP contribution in [0.4, 0.5) is 0 Å². The van der Waals surface area contributed by atoms with Gasteiger partial charge in [0, 0.05) is 5.41 Å². The van der Waals surface area contributed by atoms with E-state index in [0.717, 1.165) is 6.42 Å². The van der Waals surface area contributed by atoms with E-state index in [9.17, 15) is 0 Å². The molecule has 120 valence electrons. The van der Waals surface area contributed by atoms with Crippen molar-refractivity contribution in [1.29, 1.82) is 0 Å². The molecule has 0 N–H and O–H groups in total. The summed E-state index contributed by atoms with van der Waals surface area (Å²) in [5.41, 5.74) is 9.59. The van der Waals surface area contributed by atoms with Crippen LogP contribution in [-0.4, -0.2) is 0 Å². The number of allylic oxidation sites excluding steroid dienone is 11. The Balaban J connectivity index is 0.00000116. The maximum Gasteiger partial charge on any atom is 0.00110 e. The fourth-order valence-corrected chi connectivity index (χ4v) is 2.94. The predicted molar refractivity (Wildman–Crippen MR) is 101 cm³/mol. The highest BCUT2D eigenvalue weighted by atomic mass is 14.3. The van der Waals surface area contributed by atoms with Gasteiger partial charge in [-0.15, -0.1) is 0 Å². The monoisotopic (exact) mass is 296 g/mol. The molecule has 0 heteroatoms. The summed E-state index contributed by atoms with van der Waals surface area (Å²) in [6.07, 6.45) is 10.2.